The second-order valence-corrected chi connectivity index (χ2v) is 11.6. The van der Waals surface area contributed by atoms with E-state index in [1.54, 1.807) is 10.9 Å². The zero-order valence-corrected chi connectivity index (χ0v) is 13.8. The number of methoxy groups -OCH3 is 1. The van der Waals surface area contributed by atoms with Crippen LogP contribution >= 0.6 is 0 Å². The van der Waals surface area contributed by atoms with Crippen LogP contribution in [0.15, 0.2) is 12.5 Å². The molecule has 0 unspecified atom stereocenters. The first-order valence-corrected chi connectivity index (χ1v) is 10.5. The minimum Gasteiger partial charge on any atom is -0.464 e. The van der Waals surface area contributed by atoms with E-state index < -0.39 is 14.0 Å². The highest BCUT2D eigenvalue weighted by molar-refractivity contribution is 6.76. The molecule has 0 aliphatic heterocycles. The van der Waals surface area contributed by atoms with Crippen LogP contribution in [0.25, 0.3) is 11.0 Å². The molecule has 7 nitrogen and oxygen atoms in total. The lowest BCUT2D eigenvalue weighted by Crippen LogP contribution is -2.22. The number of fused-ring (bicyclic) bond motifs is 1. The van der Waals surface area contributed by atoms with Crippen molar-refractivity contribution in [1.82, 2.24) is 19.7 Å². The molecule has 0 saturated heterocycles. The summed E-state index contributed by atoms with van der Waals surface area (Å²) in [5, 5.41) is 4.20. The van der Waals surface area contributed by atoms with Crippen LogP contribution in [0.3, 0.4) is 0 Å². The molecule has 21 heavy (non-hydrogen) atoms. The molecule has 8 heteroatoms. The fraction of sp³-hybridized carbons (Fsp3) is 0.538. The lowest BCUT2D eigenvalue weighted by molar-refractivity contribution is 0.0592. The number of carbonyl (C=O) groups is 1. The lowest BCUT2D eigenvalue weighted by Gasteiger charge is -2.15. The Morgan fingerprint density at radius 1 is 1.33 bits per heavy atom. The summed E-state index contributed by atoms with van der Waals surface area (Å²) in [6.45, 7) is 7.83. The van der Waals surface area contributed by atoms with Gasteiger partial charge in [0.1, 0.15) is 24.1 Å². The van der Waals surface area contributed by atoms with Gasteiger partial charge >= 0.3 is 5.97 Å². The molecule has 2 rings (SSSR count). The highest BCUT2D eigenvalue weighted by atomic mass is 28.3. The lowest BCUT2D eigenvalue weighted by atomic mass is 10.3. The van der Waals surface area contributed by atoms with Crippen LogP contribution in [-0.2, 0) is 16.2 Å². The van der Waals surface area contributed by atoms with Crippen molar-refractivity contribution in [2.24, 2.45) is 0 Å². The molecule has 0 amide bonds. The van der Waals surface area contributed by atoms with Crippen molar-refractivity contribution < 1.29 is 14.3 Å². The predicted octanol–water partition coefficient (Wildman–Crippen LogP) is 1.93. The van der Waals surface area contributed by atoms with Gasteiger partial charge in [0, 0.05) is 14.7 Å². The third-order valence-electron chi connectivity index (χ3n) is 3.02. The fourth-order valence-electron chi connectivity index (χ4n) is 1.80. The third-order valence-corrected chi connectivity index (χ3v) is 4.72. The maximum atomic E-state index is 11.8. The molecule has 0 saturated carbocycles. The van der Waals surface area contributed by atoms with Gasteiger partial charge in [0.2, 0.25) is 0 Å². The maximum absolute atomic E-state index is 11.8. The average molecular weight is 308 g/mol. The van der Waals surface area contributed by atoms with Gasteiger partial charge in [0.25, 0.3) is 0 Å². The molecule has 2 aromatic rings. The van der Waals surface area contributed by atoms with E-state index in [2.05, 4.69) is 34.7 Å². The van der Waals surface area contributed by atoms with E-state index in [1.807, 2.05) is 0 Å². The van der Waals surface area contributed by atoms with Crippen LogP contribution in [0.1, 0.15) is 10.5 Å². The molecule has 2 aromatic heterocycles. The third kappa shape index (κ3) is 3.85. The number of hydrogen-bond donors (Lipinski definition) is 0. The van der Waals surface area contributed by atoms with E-state index >= 15 is 0 Å². The average Bonchev–Trinajstić information content (AvgIpc) is 2.85. The summed E-state index contributed by atoms with van der Waals surface area (Å²) in [6.07, 6.45) is 2.91. The van der Waals surface area contributed by atoms with E-state index in [4.69, 9.17) is 9.47 Å². The maximum Gasteiger partial charge on any atom is 0.359 e. The second-order valence-electron chi connectivity index (χ2n) is 5.94. The first kappa shape index (κ1) is 15.6. The minimum absolute atomic E-state index is 0.203. The molecule has 0 N–H and O–H groups in total. The van der Waals surface area contributed by atoms with Gasteiger partial charge in [-0.2, -0.15) is 5.10 Å². The molecule has 114 valence electrons. The zero-order valence-electron chi connectivity index (χ0n) is 12.8. The molecule has 0 atom stereocenters. The highest BCUT2D eigenvalue weighted by Crippen LogP contribution is 2.15. The molecule has 0 bridgehead atoms. The summed E-state index contributed by atoms with van der Waals surface area (Å²) in [5.41, 5.74) is 1.34. The number of hydrogen-bond acceptors (Lipinski definition) is 6. The first-order chi connectivity index (χ1) is 9.92. The molecule has 0 aromatic carbocycles. The van der Waals surface area contributed by atoms with Crippen LogP contribution in [0.5, 0.6) is 0 Å². The first-order valence-electron chi connectivity index (χ1n) is 6.75. The van der Waals surface area contributed by atoms with E-state index in [9.17, 15) is 4.79 Å². The number of rotatable bonds is 6. The smallest absolute Gasteiger partial charge is 0.359 e. The van der Waals surface area contributed by atoms with E-state index in [0.29, 0.717) is 17.6 Å². The number of carbonyl (C=O) groups excluding carboxylic acids is 1. The predicted molar refractivity (Wildman–Crippen MR) is 80.8 cm³/mol. The Morgan fingerprint density at radius 2 is 2.10 bits per heavy atom. The van der Waals surface area contributed by atoms with Gasteiger partial charge in [0.15, 0.2) is 5.69 Å². The summed E-state index contributed by atoms with van der Waals surface area (Å²) in [5.74, 6) is -0.508. The molecule has 0 spiro atoms. The molecule has 0 fully saturated rings. The van der Waals surface area contributed by atoms with E-state index in [1.165, 1.54) is 13.4 Å². The number of esters is 1. The van der Waals surface area contributed by atoms with Crippen molar-refractivity contribution in [3.8, 4) is 0 Å². The van der Waals surface area contributed by atoms with Crippen molar-refractivity contribution >= 4 is 25.1 Å². The number of aromatic nitrogens is 4. The Morgan fingerprint density at radius 3 is 2.76 bits per heavy atom. The largest absolute Gasteiger partial charge is 0.464 e. The van der Waals surface area contributed by atoms with Crippen LogP contribution in [0.2, 0.25) is 25.7 Å². The minimum atomic E-state index is -1.12. The van der Waals surface area contributed by atoms with Crippen molar-refractivity contribution in [1.29, 1.82) is 0 Å². The van der Waals surface area contributed by atoms with E-state index in [0.717, 1.165) is 6.04 Å². The Labute approximate surface area is 124 Å². The summed E-state index contributed by atoms with van der Waals surface area (Å²) in [4.78, 5) is 19.8. The summed E-state index contributed by atoms with van der Waals surface area (Å²) in [6, 6.07) is 1.08. The monoisotopic (exact) mass is 308 g/mol. The Bertz CT molecular complexity index is 636. The van der Waals surface area contributed by atoms with Gasteiger partial charge in [-0.3, -0.25) is 0 Å². The molecule has 0 aliphatic rings. The number of nitrogens with zero attached hydrogens (tertiary/aromatic N) is 4. The van der Waals surface area contributed by atoms with Gasteiger partial charge in [0.05, 0.1) is 13.3 Å². The normalized spacial score (nSPS) is 11.8. The SMILES string of the molecule is COC(=O)c1ncnc2cnn(COCC[Si](C)(C)C)c12. The van der Waals surface area contributed by atoms with Crippen LogP contribution < -0.4 is 0 Å². The summed E-state index contributed by atoms with van der Waals surface area (Å²) >= 11 is 0. The summed E-state index contributed by atoms with van der Waals surface area (Å²) in [7, 11) is 0.200. The summed E-state index contributed by atoms with van der Waals surface area (Å²) < 4.78 is 12.0. The van der Waals surface area contributed by atoms with Crippen molar-refractivity contribution in [2.75, 3.05) is 13.7 Å². The molecule has 2 heterocycles. The van der Waals surface area contributed by atoms with Crippen LogP contribution in [0, 0.1) is 0 Å². The standard InChI is InChI=1S/C13H20N4O3Si/c1-19-13(18)11-12-10(14-8-15-11)7-16-17(12)9-20-5-6-21(2,3)4/h7-8H,5-6,9H2,1-4H3. The molecule has 0 aliphatic carbocycles. The second kappa shape index (κ2) is 6.31. The van der Waals surface area contributed by atoms with Crippen molar-refractivity contribution in [2.45, 2.75) is 32.4 Å². The van der Waals surface area contributed by atoms with Crippen molar-refractivity contribution in [3.05, 3.63) is 18.2 Å². The highest BCUT2D eigenvalue weighted by Gasteiger charge is 2.18. The van der Waals surface area contributed by atoms with Gasteiger partial charge < -0.3 is 9.47 Å². The fourth-order valence-corrected chi connectivity index (χ4v) is 2.55. The van der Waals surface area contributed by atoms with Crippen LogP contribution in [-0.4, -0.2) is 47.5 Å². The Balaban J connectivity index is 2.15. The van der Waals surface area contributed by atoms with Gasteiger partial charge in [-0.25, -0.2) is 19.4 Å². The van der Waals surface area contributed by atoms with Crippen molar-refractivity contribution in [3.63, 3.8) is 0 Å². The molecular weight excluding hydrogens is 288 g/mol. The quantitative estimate of drug-likeness (QED) is 0.461. The van der Waals surface area contributed by atoms with Crippen LogP contribution in [0.4, 0.5) is 0 Å². The van der Waals surface area contributed by atoms with Gasteiger partial charge in [-0.05, 0) is 6.04 Å². The van der Waals surface area contributed by atoms with Gasteiger partial charge in [-0.1, -0.05) is 19.6 Å². The zero-order chi connectivity index (χ0) is 15.5. The topological polar surface area (TPSA) is 79.1 Å². The Hall–Kier alpha value is -1.80. The Kier molecular flexibility index (Phi) is 4.68. The molecule has 0 radical (unpaired) electrons. The number of ether oxygens (including phenoxy) is 2. The molecular formula is C13H20N4O3Si. The van der Waals surface area contributed by atoms with E-state index in [-0.39, 0.29) is 12.4 Å². The van der Waals surface area contributed by atoms with Gasteiger partial charge in [-0.15, -0.1) is 0 Å².